The number of halogens is 4. The van der Waals surface area contributed by atoms with Gasteiger partial charge in [0, 0.05) is 25.8 Å². The molecule has 2 aliphatic heterocycles. The van der Waals surface area contributed by atoms with Gasteiger partial charge >= 0.3 is 24.1 Å². The van der Waals surface area contributed by atoms with Crippen molar-refractivity contribution in [1.82, 2.24) is 5.32 Å². The van der Waals surface area contributed by atoms with Crippen molar-refractivity contribution in [1.29, 1.82) is 0 Å². The first-order valence-corrected chi connectivity index (χ1v) is 20.0. The van der Waals surface area contributed by atoms with E-state index >= 15 is 0 Å². The van der Waals surface area contributed by atoms with E-state index in [0.717, 1.165) is 0 Å². The molecule has 8 atom stereocenters. The number of nitrogens with one attached hydrogen (secondary N) is 1. The van der Waals surface area contributed by atoms with Crippen molar-refractivity contribution >= 4 is 41.4 Å². The highest BCUT2D eigenvalue weighted by atomic mass is 19.1. The Hall–Kier alpha value is -4.81. The molecular weight excluding hydrogens is 796 g/mol. The van der Waals surface area contributed by atoms with Gasteiger partial charge in [0.25, 0.3) is 0 Å². The number of nitrogens with two attached hydrogens (primary N) is 1. The molecule has 6 unspecified atom stereocenters. The lowest BCUT2D eigenvalue weighted by Crippen LogP contribution is -2.34. The largest absolute Gasteiger partial charge is 0.443 e. The highest BCUT2D eigenvalue weighted by Gasteiger charge is 2.36. The van der Waals surface area contributed by atoms with Crippen LogP contribution in [0.4, 0.5) is 38.5 Å². The minimum Gasteiger partial charge on any atom is -0.443 e. The summed E-state index contributed by atoms with van der Waals surface area (Å²) in [5, 5.41) is 21.6. The van der Waals surface area contributed by atoms with Gasteiger partial charge in [-0.15, -0.1) is 0 Å². The average molecular weight is 855 g/mol. The summed E-state index contributed by atoms with van der Waals surface area (Å²) in [4.78, 5) is 58.5. The molecule has 14 nitrogen and oxygen atoms in total. The van der Waals surface area contributed by atoms with Crippen LogP contribution in [0.15, 0.2) is 36.4 Å². The molecule has 4 aliphatic rings. The quantitative estimate of drug-likeness (QED) is 0.0915. The van der Waals surface area contributed by atoms with Crippen molar-refractivity contribution in [3.8, 4) is 0 Å². The number of ether oxygens (including phenoxy) is 3. The number of aliphatic hydroxyl groups excluding tert-OH is 2. The van der Waals surface area contributed by atoms with E-state index in [-0.39, 0.29) is 77.0 Å². The maximum absolute atomic E-state index is 14.6. The zero-order valence-corrected chi connectivity index (χ0v) is 33.4. The van der Waals surface area contributed by atoms with Crippen LogP contribution in [0.2, 0.25) is 0 Å². The Morgan fingerprint density at radius 2 is 1.18 bits per heavy atom. The number of aliphatic hydroxyl groups is 2. The number of alkyl halides is 2. The summed E-state index contributed by atoms with van der Waals surface area (Å²) in [6.45, 7) is 5.93. The lowest BCUT2D eigenvalue weighted by atomic mass is 9.81. The van der Waals surface area contributed by atoms with Crippen LogP contribution in [0.25, 0.3) is 0 Å². The fourth-order valence-electron chi connectivity index (χ4n) is 7.11. The molecule has 2 aromatic carbocycles. The van der Waals surface area contributed by atoms with E-state index in [4.69, 9.17) is 15.2 Å². The Morgan fingerprint density at radius 3 is 1.55 bits per heavy atom. The summed E-state index contributed by atoms with van der Waals surface area (Å²) in [7, 11) is 0. The lowest BCUT2D eigenvalue weighted by Gasteiger charge is -2.29. The topological polar surface area (TPSA) is 198 Å². The van der Waals surface area contributed by atoms with E-state index in [0.29, 0.717) is 54.6 Å². The van der Waals surface area contributed by atoms with Crippen LogP contribution in [0.1, 0.15) is 109 Å². The van der Waals surface area contributed by atoms with E-state index in [9.17, 15) is 51.7 Å². The van der Waals surface area contributed by atoms with E-state index in [2.05, 4.69) is 10.1 Å². The summed E-state index contributed by atoms with van der Waals surface area (Å²) in [5.74, 6) is -2.58. The van der Waals surface area contributed by atoms with E-state index in [1.165, 1.54) is 21.9 Å². The number of carbonyl (C=O) groups excluding carboxylic acids is 5. The average Bonchev–Trinajstić information content (AvgIpc) is 3.80. The molecule has 2 saturated carbocycles. The molecule has 2 aromatic rings. The second kappa shape index (κ2) is 23.3. The van der Waals surface area contributed by atoms with Gasteiger partial charge in [-0.2, -0.15) is 0 Å². The van der Waals surface area contributed by atoms with Crippen molar-refractivity contribution < 1.29 is 66.0 Å². The van der Waals surface area contributed by atoms with Crippen LogP contribution in [-0.2, 0) is 28.6 Å². The van der Waals surface area contributed by atoms with Crippen LogP contribution in [-0.4, -0.2) is 103 Å². The van der Waals surface area contributed by atoms with Gasteiger partial charge in [0.05, 0.1) is 43.2 Å². The maximum Gasteiger partial charge on any atom is 0.414 e. The summed E-state index contributed by atoms with van der Waals surface area (Å²) >= 11 is 0. The SMILES string of the molecule is C.CCC(=O)NC[C@H]1CN(c2ccc(C3CCC(O)C(F)C3)c(F)c2)C(=O)O1.CCC(=O)OC(=O)CC.NC[C@H]1CN(c2ccc(C3CCC(O)C(F)C3)c(F)c2)C(=O)O1. The van der Waals surface area contributed by atoms with Gasteiger partial charge < -0.3 is 35.5 Å². The zero-order chi connectivity index (χ0) is 43.4. The number of hydrogen-bond donors (Lipinski definition) is 4. The van der Waals surface area contributed by atoms with Crippen molar-refractivity contribution in [2.45, 2.75) is 135 Å². The molecule has 0 aromatic heterocycles. The molecule has 0 bridgehead atoms. The van der Waals surface area contributed by atoms with Gasteiger partial charge in [0.2, 0.25) is 5.91 Å². The second-order valence-corrected chi connectivity index (χ2v) is 14.8. The molecule has 2 saturated heterocycles. The third-order valence-electron chi connectivity index (χ3n) is 10.6. The molecule has 4 fully saturated rings. The number of esters is 2. The van der Waals surface area contributed by atoms with Crippen LogP contribution in [0.5, 0.6) is 0 Å². The van der Waals surface area contributed by atoms with Crippen LogP contribution >= 0.6 is 0 Å². The minimum atomic E-state index is -1.35. The number of rotatable bonds is 10. The van der Waals surface area contributed by atoms with Gasteiger partial charge in [-0.05, 0) is 85.8 Å². The Morgan fingerprint density at radius 1 is 0.750 bits per heavy atom. The number of amides is 3. The third-order valence-corrected chi connectivity index (χ3v) is 10.6. The number of cyclic esters (lactones) is 2. The molecule has 0 spiro atoms. The van der Waals surface area contributed by atoms with Crippen LogP contribution in [0.3, 0.4) is 0 Å². The fourth-order valence-corrected chi connectivity index (χ4v) is 7.11. The molecule has 2 aliphatic carbocycles. The molecule has 0 radical (unpaired) electrons. The molecule has 6 rings (SSSR count). The summed E-state index contributed by atoms with van der Waals surface area (Å²) in [6.07, 6.45) is -3.91. The van der Waals surface area contributed by atoms with Crippen molar-refractivity contribution in [3.63, 3.8) is 0 Å². The van der Waals surface area contributed by atoms with Crippen LogP contribution < -0.4 is 20.9 Å². The van der Waals surface area contributed by atoms with E-state index < -0.39 is 72.5 Å². The highest BCUT2D eigenvalue weighted by molar-refractivity contribution is 5.90. The molecule has 18 heteroatoms. The second-order valence-electron chi connectivity index (χ2n) is 14.8. The smallest absolute Gasteiger partial charge is 0.414 e. The lowest BCUT2D eigenvalue weighted by molar-refractivity contribution is -0.159. The Kier molecular flexibility index (Phi) is 19.2. The van der Waals surface area contributed by atoms with Crippen molar-refractivity contribution in [3.05, 3.63) is 59.2 Å². The van der Waals surface area contributed by atoms with E-state index in [1.54, 1.807) is 45.0 Å². The van der Waals surface area contributed by atoms with E-state index in [1.807, 2.05) is 0 Å². The van der Waals surface area contributed by atoms with Gasteiger partial charge in [-0.1, -0.05) is 40.3 Å². The Bertz CT molecular complexity index is 1780. The number of benzene rings is 2. The predicted octanol–water partition coefficient (Wildman–Crippen LogP) is 6.23. The highest BCUT2D eigenvalue weighted by Crippen LogP contribution is 2.38. The zero-order valence-electron chi connectivity index (χ0n) is 33.4. The molecular formula is C42H58F4N4O10. The van der Waals surface area contributed by atoms with Gasteiger partial charge in [-0.3, -0.25) is 24.2 Å². The number of anilines is 2. The number of hydrogen-bond acceptors (Lipinski definition) is 11. The summed E-state index contributed by atoms with van der Waals surface area (Å²) in [6, 6.07) is 8.93. The minimum absolute atomic E-state index is 0. The first-order chi connectivity index (χ1) is 28.1. The maximum atomic E-state index is 14.6. The van der Waals surface area contributed by atoms with Gasteiger partial charge in [0.15, 0.2) is 0 Å². The monoisotopic (exact) mass is 854 g/mol. The number of nitrogens with zero attached hydrogens (tertiary/aromatic N) is 2. The predicted molar refractivity (Wildman–Crippen MR) is 214 cm³/mol. The molecule has 60 heavy (non-hydrogen) atoms. The van der Waals surface area contributed by atoms with Crippen molar-refractivity contribution in [2.24, 2.45) is 5.73 Å². The van der Waals surface area contributed by atoms with Crippen LogP contribution in [0, 0.1) is 11.6 Å². The fraction of sp³-hybridized carbons (Fsp3) is 0.595. The normalized spacial score (nSPS) is 26.0. The van der Waals surface area contributed by atoms with Crippen molar-refractivity contribution in [2.75, 3.05) is 36.0 Å². The molecule has 3 amide bonds. The Labute approximate surface area is 347 Å². The third kappa shape index (κ3) is 13.3. The van der Waals surface area contributed by atoms with Gasteiger partial charge in [-0.25, -0.2) is 27.2 Å². The standard InChI is InChI=1S/C19H24F2N2O4.C16H20F2N2O3.C6H10O3.CH4/c1-2-18(25)22-9-13-10-23(19(26)27-13)12-4-5-14(15(20)8-12)11-3-6-17(24)16(21)7-11;17-13-6-10(20-8-11(7-19)23-16(20)22)2-3-12(13)9-1-4-15(21)14(18)5-9;1-3-5(7)9-6(8)4-2;/h4-5,8,11,13,16-17,24H,2-3,6-7,9-10H2,1H3,(H,22,25);2-3,6,9,11,14-15,21H,1,4-5,7-8,19H2;3-4H2,1-2H3;1H4/t11?,13-,16?,17?;9?,11-,14?,15?;;/m00../s1. The Balaban J connectivity index is 0.000000265. The first kappa shape index (κ1) is 49.6. The first-order valence-electron chi connectivity index (χ1n) is 20.0. The molecule has 2 heterocycles. The molecule has 334 valence electrons. The molecule has 5 N–H and O–H groups in total. The number of carbonyl (C=O) groups is 5. The summed E-state index contributed by atoms with van der Waals surface area (Å²) < 4.78 is 71.0. The van der Waals surface area contributed by atoms with Gasteiger partial charge in [0.1, 0.15) is 36.2 Å². The summed E-state index contributed by atoms with van der Waals surface area (Å²) in [5.41, 5.74) is 7.06.